The van der Waals surface area contributed by atoms with Crippen molar-refractivity contribution < 1.29 is 4.79 Å². The summed E-state index contributed by atoms with van der Waals surface area (Å²) in [4.78, 5) is 17.9. The summed E-state index contributed by atoms with van der Waals surface area (Å²) in [6, 6.07) is 1.74. The lowest BCUT2D eigenvalue weighted by Gasteiger charge is -1.95. The SMILES string of the molecule is CC(=O)NCCC#Cc1c[nH]c2nccc(Cl)c12. The van der Waals surface area contributed by atoms with E-state index in [-0.39, 0.29) is 5.91 Å². The second-order valence-electron chi connectivity index (χ2n) is 3.75. The van der Waals surface area contributed by atoms with Crippen molar-refractivity contribution in [1.29, 1.82) is 0 Å². The molecule has 0 spiro atoms. The van der Waals surface area contributed by atoms with Crippen LogP contribution in [0.15, 0.2) is 18.5 Å². The lowest BCUT2D eigenvalue weighted by molar-refractivity contribution is -0.118. The molecule has 0 atom stereocenters. The van der Waals surface area contributed by atoms with Gasteiger partial charge in [-0.05, 0) is 6.07 Å². The number of carbonyl (C=O) groups excluding carboxylic acids is 1. The van der Waals surface area contributed by atoms with Crippen LogP contribution in [0.2, 0.25) is 5.02 Å². The smallest absolute Gasteiger partial charge is 0.216 e. The minimum absolute atomic E-state index is 0.0452. The largest absolute Gasteiger partial charge is 0.355 e. The highest BCUT2D eigenvalue weighted by atomic mass is 35.5. The number of halogens is 1. The molecule has 0 saturated carbocycles. The number of hydrogen-bond acceptors (Lipinski definition) is 2. The molecule has 2 aromatic rings. The van der Waals surface area contributed by atoms with Crippen LogP contribution in [0.25, 0.3) is 11.0 Å². The number of nitrogens with zero attached hydrogens (tertiary/aromatic N) is 1. The molecule has 0 aliphatic carbocycles. The third-order valence-corrected chi connectivity index (χ3v) is 2.68. The van der Waals surface area contributed by atoms with Crippen LogP contribution in [0.3, 0.4) is 0 Å². The Morgan fingerprint density at radius 3 is 3.22 bits per heavy atom. The second kappa shape index (κ2) is 5.56. The van der Waals surface area contributed by atoms with Crippen LogP contribution in [-0.2, 0) is 4.79 Å². The third-order valence-electron chi connectivity index (χ3n) is 2.37. The summed E-state index contributed by atoms with van der Waals surface area (Å²) in [5.41, 5.74) is 1.56. The molecule has 0 unspecified atom stereocenters. The first-order valence-electron chi connectivity index (χ1n) is 5.53. The van der Waals surface area contributed by atoms with Gasteiger partial charge >= 0.3 is 0 Å². The number of nitrogens with one attached hydrogen (secondary N) is 2. The molecule has 1 amide bonds. The monoisotopic (exact) mass is 261 g/mol. The molecule has 0 bridgehead atoms. The van der Waals surface area contributed by atoms with E-state index in [9.17, 15) is 4.79 Å². The second-order valence-corrected chi connectivity index (χ2v) is 4.16. The van der Waals surface area contributed by atoms with E-state index in [4.69, 9.17) is 11.6 Å². The minimum atomic E-state index is -0.0452. The van der Waals surface area contributed by atoms with Gasteiger partial charge < -0.3 is 10.3 Å². The molecule has 4 nitrogen and oxygen atoms in total. The van der Waals surface area contributed by atoms with E-state index in [0.29, 0.717) is 18.0 Å². The number of pyridine rings is 1. The van der Waals surface area contributed by atoms with Gasteiger partial charge in [0.05, 0.1) is 16.0 Å². The van der Waals surface area contributed by atoms with Gasteiger partial charge in [-0.3, -0.25) is 4.79 Å². The third kappa shape index (κ3) is 2.82. The molecule has 0 aromatic carbocycles. The van der Waals surface area contributed by atoms with Crippen LogP contribution >= 0.6 is 11.6 Å². The van der Waals surface area contributed by atoms with E-state index in [1.165, 1.54) is 6.92 Å². The highest BCUT2D eigenvalue weighted by molar-refractivity contribution is 6.35. The van der Waals surface area contributed by atoms with E-state index < -0.39 is 0 Å². The standard InChI is InChI=1S/C13H12ClN3O/c1-9(18)15-6-3-2-4-10-8-17-13-12(10)11(14)5-7-16-13/h5,7-8H,3,6H2,1H3,(H,15,18)(H,16,17). The van der Waals surface area contributed by atoms with Crippen molar-refractivity contribution in [2.45, 2.75) is 13.3 Å². The fourth-order valence-corrected chi connectivity index (χ4v) is 1.82. The lowest BCUT2D eigenvalue weighted by atomic mass is 10.2. The molecule has 2 heterocycles. The van der Waals surface area contributed by atoms with Crippen molar-refractivity contribution in [3.05, 3.63) is 29.0 Å². The maximum atomic E-state index is 10.7. The molecule has 2 rings (SSSR count). The van der Waals surface area contributed by atoms with Crippen molar-refractivity contribution in [2.24, 2.45) is 0 Å². The fourth-order valence-electron chi connectivity index (χ4n) is 1.57. The number of aromatic amines is 1. The molecule has 0 saturated heterocycles. The van der Waals surface area contributed by atoms with E-state index >= 15 is 0 Å². The zero-order valence-corrected chi connectivity index (χ0v) is 10.6. The highest BCUT2D eigenvalue weighted by Crippen LogP contribution is 2.23. The van der Waals surface area contributed by atoms with Crippen molar-refractivity contribution in [3.63, 3.8) is 0 Å². The molecule has 0 fully saturated rings. The maximum Gasteiger partial charge on any atom is 0.216 e. The molecule has 0 aliphatic heterocycles. The normalized spacial score (nSPS) is 9.89. The van der Waals surface area contributed by atoms with Crippen LogP contribution in [0.1, 0.15) is 18.9 Å². The van der Waals surface area contributed by atoms with Gasteiger partial charge in [-0.2, -0.15) is 0 Å². The Morgan fingerprint density at radius 2 is 2.44 bits per heavy atom. The maximum absolute atomic E-state index is 10.7. The Bertz CT molecular complexity index is 636. The average Bonchev–Trinajstić information content (AvgIpc) is 2.73. The zero-order valence-electron chi connectivity index (χ0n) is 9.88. The predicted octanol–water partition coefficient (Wildman–Crippen LogP) is 2.09. The summed E-state index contributed by atoms with van der Waals surface area (Å²) in [7, 11) is 0. The van der Waals surface area contributed by atoms with Gasteiger partial charge in [0.2, 0.25) is 5.91 Å². The molecular formula is C13H12ClN3O. The first-order chi connectivity index (χ1) is 8.68. The Hall–Kier alpha value is -1.99. The lowest BCUT2D eigenvalue weighted by Crippen LogP contribution is -2.20. The molecule has 92 valence electrons. The predicted molar refractivity (Wildman–Crippen MR) is 71.3 cm³/mol. The van der Waals surface area contributed by atoms with Crippen LogP contribution in [-0.4, -0.2) is 22.4 Å². The van der Waals surface area contributed by atoms with Crippen molar-refractivity contribution in [3.8, 4) is 11.8 Å². The Balaban J connectivity index is 2.13. The summed E-state index contributed by atoms with van der Waals surface area (Å²) >= 11 is 6.10. The van der Waals surface area contributed by atoms with Gasteiger partial charge in [-0.15, -0.1) is 0 Å². The van der Waals surface area contributed by atoms with E-state index in [2.05, 4.69) is 27.1 Å². The molecule has 2 aromatic heterocycles. The van der Waals surface area contributed by atoms with Crippen molar-refractivity contribution in [1.82, 2.24) is 15.3 Å². The number of aromatic nitrogens is 2. The molecule has 5 heteroatoms. The zero-order chi connectivity index (χ0) is 13.0. The molecular weight excluding hydrogens is 250 g/mol. The van der Waals surface area contributed by atoms with E-state index in [1.54, 1.807) is 18.5 Å². The van der Waals surface area contributed by atoms with Gasteiger partial charge in [-0.1, -0.05) is 23.4 Å². The number of H-pyrrole nitrogens is 1. The Labute approximate surface area is 110 Å². The topological polar surface area (TPSA) is 57.8 Å². The molecule has 0 radical (unpaired) electrons. The first-order valence-corrected chi connectivity index (χ1v) is 5.91. The van der Waals surface area contributed by atoms with E-state index in [0.717, 1.165) is 16.6 Å². The molecule has 18 heavy (non-hydrogen) atoms. The van der Waals surface area contributed by atoms with Crippen LogP contribution < -0.4 is 5.32 Å². The van der Waals surface area contributed by atoms with Gasteiger partial charge in [0.1, 0.15) is 5.65 Å². The number of amides is 1. The van der Waals surface area contributed by atoms with Crippen LogP contribution in [0, 0.1) is 11.8 Å². The van der Waals surface area contributed by atoms with Gasteiger partial charge in [0, 0.05) is 32.3 Å². The van der Waals surface area contributed by atoms with Gasteiger partial charge in [0.25, 0.3) is 0 Å². The quantitative estimate of drug-likeness (QED) is 0.642. The van der Waals surface area contributed by atoms with Crippen LogP contribution in [0.4, 0.5) is 0 Å². The van der Waals surface area contributed by atoms with Crippen molar-refractivity contribution in [2.75, 3.05) is 6.54 Å². The summed E-state index contributed by atoms with van der Waals surface area (Å²) in [6.07, 6.45) is 4.04. The minimum Gasteiger partial charge on any atom is -0.355 e. The number of hydrogen-bond donors (Lipinski definition) is 2. The van der Waals surface area contributed by atoms with Gasteiger partial charge in [-0.25, -0.2) is 4.98 Å². The number of fused-ring (bicyclic) bond motifs is 1. The number of rotatable bonds is 2. The highest BCUT2D eigenvalue weighted by Gasteiger charge is 2.05. The molecule has 0 aliphatic rings. The summed E-state index contributed by atoms with van der Waals surface area (Å²) in [6.45, 7) is 2.04. The van der Waals surface area contributed by atoms with Crippen molar-refractivity contribution >= 4 is 28.5 Å². The Morgan fingerprint density at radius 1 is 1.61 bits per heavy atom. The Kier molecular flexibility index (Phi) is 3.85. The summed E-state index contributed by atoms with van der Waals surface area (Å²) < 4.78 is 0. The van der Waals surface area contributed by atoms with E-state index in [1.807, 2.05) is 0 Å². The van der Waals surface area contributed by atoms with Gasteiger partial charge in [0.15, 0.2) is 0 Å². The summed E-state index contributed by atoms with van der Waals surface area (Å²) in [5.74, 6) is 5.97. The fraction of sp³-hybridized carbons (Fsp3) is 0.231. The summed E-state index contributed by atoms with van der Waals surface area (Å²) in [5, 5.41) is 4.16. The van der Waals surface area contributed by atoms with Crippen LogP contribution in [0.5, 0.6) is 0 Å². The average molecular weight is 262 g/mol. The number of carbonyl (C=O) groups is 1. The first kappa shape index (κ1) is 12.5. The molecule has 2 N–H and O–H groups in total.